The second-order valence-corrected chi connectivity index (χ2v) is 8.88. The molecule has 178 valence electrons. The molecule has 0 unspecified atom stereocenters. The van der Waals surface area contributed by atoms with Crippen LogP contribution < -0.4 is 4.90 Å². The number of carboxylic acid groups (broad SMARTS) is 1. The molecule has 34 heavy (non-hydrogen) atoms. The number of phenolic OH excluding ortho intramolecular Hbond substituents is 1. The number of phenols is 1. The first kappa shape index (κ1) is 23.4. The zero-order valence-electron chi connectivity index (χ0n) is 19.2. The average Bonchev–Trinajstić information content (AvgIpc) is 2.82. The third-order valence-corrected chi connectivity index (χ3v) is 5.94. The lowest BCUT2D eigenvalue weighted by atomic mass is 10.0. The number of anilines is 1. The van der Waals surface area contributed by atoms with Gasteiger partial charge in [0.25, 0.3) is 5.91 Å². The van der Waals surface area contributed by atoms with Crippen LogP contribution >= 0.6 is 0 Å². The smallest absolute Gasteiger partial charge is 0.335 e. The fourth-order valence-electron chi connectivity index (χ4n) is 4.17. The van der Waals surface area contributed by atoms with Crippen molar-refractivity contribution < 1.29 is 24.9 Å². The van der Waals surface area contributed by atoms with Crippen LogP contribution in [0.3, 0.4) is 0 Å². The number of rotatable bonds is 6. The van der Waals surface area contributed by atoms with E-state index >= 15 is 0 Å². The van der Waals surface area contributed by atoms with E-state index in [4.69, 9.17) is 4.98 Å². The number of piperazine rings is 1. The van der Waals surface area contributed by atoms with Gasteiger partial charge >= 0.3 is 5.97 Å². The Kier molecular flexibility index (Phi) is 6.65. The second-order valence-electron chi connectivity index (χ2n) is 8.88. The molecule has 0 radical (unpaired) electrons. The highest BCUT2D eigenvalue weighted by atomic mass is 16.4. The molecular weight excluding hydrogens is 436 g/mol. The largest absolute Gasteiger partial charge is 0.507 e. The number of aromatic hydroxyl groups is 1. The Bertz CT molecular complexity index is 1220. The van der Waals surface area contributed by atoms with E-state index in [2.05, 4.69) is 4.98 Å². The summed E-state index contributed by atoms with van der Waals surface area (Å²) in [4.78, 5) is 37.1. The summed E-state index contributed by atoms with van der Waals surface area (Å²) in [5.74, 6) is -0.183. The van der Waals surface area contributed by atoms with Crippen molar-refractivity contribution in [3.63, 3.8) is 0 Å². The number of para-hydroxylation sites is 1. The van der Waals surface area contributed by atoms with Crippen molar-refractivity contribution >= 4 is 28.6 Å². The first-order valence-corrected chi connectivity index (χ1v) is 11.3. The molecule has 0 bridgehead atoms. The van der Waals surface area contributed by atoms with E-state index in [0.717, 1.165) is 0 Å². The third kappa shape index (κ3) is 4.79. The number of nitrogens with zero attached hydrogens (tertiary/aromatic N) is 4. The van der Waals surface area contributed by atoms with Gasteiger partial charge in [0.1, 0.15) is 17.7 Å². The maximum Gasteiger partial charge on any atom is 0.335 e. The molecule has 3 aromatic rings. The highest BCUT2D eigenvalue weighted by molar-refractivity contribution is 5.97. The minimum Gasteiger partial charge on any atom is -0.507 e. The molecule has 1 amide bonds. The normalized spacial score (nSPS) is 15.1. The monoisotopic (exact) mass is 464 g/mol. The molecule has 9 nitrogen and oxygen atoms in total. The van der Waals surface area contributed by atoms with Crippen molar-refractivity contribution in [2.24, 2.45) is 5.92 Å². The number of carboxylic acids is 1. The highest BCUT2D eigenvalue weighted by Crippen LogP contribution is 2.32. The van der Waals surface area contributed by atoms with Crippen LogP contribution in [0.2, 0.25) is 0 Å². The fraction of sp³-hybridized carbons (Fsp3) is 0.360. The Labute approximate surface area is 197 Å². The van der Waals surface area contributed by atoms with Gasteiger partial charge in [0.15, 0.2) is 5.82 Å². The second kappa shape index (κ2) is 9.64. The van der Waals surface area contributed by atoms with Crippen LogP contribution in [0.5, 0.6) is 5.75 Å². The minimum absolute atomic E-state index is 0.0248. The van der Waals surface area contributed by atoms with Crippen molar-refractivity contribution in [2.75, 3.05) is 31.1 Å². The lowest BCUT2D eigenvalue weighted by molar-refractivity contribution is -0.141. The van der Waals surface area contributed by atoms with Gasteiger partial charge in [-0.1, -0.05) is 26.0 Å². The molecule has 4 rings (SSSR count). The van der Waals surface area contributed by atoms with Crippen LogP contribution in [0, 0.1) is 5.92 Å². The Morgan fingerprint density at radius 3 is 2.38 bits per heavy atom. The summed E-state index contributed by atoms with van der Waals surface area (Å²) in [6, 6.07) is 11.4. The van der Waals surface area contributed by atoms with Crippen LogP contribution in [0.1, 0.15) is 30.6 Å². The summed E-state index contributed by atoms with van der Waals surface area (Å²) < 4.78 is 0. The Morgan fingerprint density at radius 1 is 1.03 bits per heavy atom. The predicted octanol–water partition coefficient (Wildman–Crippen LogP) is 2.76. The molecule has 0 aliphatic carbocycles. The van der Waals surface area contributed by atoms with Gasteiger partial charge in [-0.3, -0.25) is 4.79 Å². The van der Waals surface area contributed by atoms with Crippen molar-refractivity contribution in [3.8, 4) is 17.1 Å². The van der Waals surface area contributed by atoms with E-state index in [0.29, 0.717) is 54.9 Å². The number of amides is 1. The Morgan fingerprint density at radius 2 is 1.74 bits per heavy atom. The van der Waals surface area contributed by atoms with Gasteiger partial charge < -0.3 is 25.1 Å². The van der Waals surface area contributed by atoms with Crippen LogP contribution in [-0.2, 0) is 4.79 Å². The lowest BCUT2D eigenvalue weighted by Gasteiger charge is -2.37. The first-order chi connectivity index (χ1) is 16.2. The maximum atomic E-state index is 12.6. The standard InChI is InChI=1S/C25H28N4O5/c1-15(2)13-21(31)24(32)29-11-9-28(10-12-29)23-17-8-7-16(25(33)34)14-19(17)26-22(27-23)18-5-3-4-6-20(18)30/h3-8,14-15,21,30-31H,9-13H2,1-2H3,(H,33,34)/t21-/m1/s1. The molecule has 9 heteroatoms. The first-order valence-electron chi connectivity index (χ1n) is 11.3. The molecule has 2 heterocycles. The summed E-state index contributed by atoms with van der Waals surface area (Å²) in [5, 5.41) is 30.7. The number of carbonyl (C=O) groups is 2. The van der Waals surface area contributed by atoms with Crippen LogP contribution in [0.4, 0.5) is 5.82 Å². The number of aromatic nitrogens is 2. The molecule has 1 aliphatic heterocycles. The van der Waals surface area contributed by atoms with Gasteiger partial charge in [0.2, 0.25) is 0 Å². The third-order valence-electron chi connectivity index (χ3n) is 5.94. The van der Waals surface area contributed by atoms with E-state index in [9.17, 15) is 24.9 Å². The molecule has 0 saturated carbocycles. The number of carbonyl (C=O) groups excluding carboxylic acids is 1. The van der Waals surface area contributed by atoms with Crippen LogP contribution in [0.25, 0.3) is 22.3 Å². The maximum absolute atomic E-state index is 12.6. The molecule has 1 fully saturated rings. The van der Waals surface area contributed by atoms with Crippen molar-refractivity contribution in [2.45, 2.75) is 26.4 Å². The quantitative estimate of drug-likeness (QED) is 0.508. The van der Waals surface area contributed by atoms with E-state index in [1.807, 2.05) is 18.7 Å². The van der Waals surface area contributed by atoms with Crippen molar-refractivity contribution in [1.82, 2.24) is 14.9 Å². The lowest BCUT2D eigenvalue weighted by Crippen LogP contribution is -2.52. The number of fused-ring (bicyclic) bond motifs is 1. The molecule has 0 spiro atoms. The zero-order valence-corrected chi connectivity index (χ0v) is 19.2. The number of aliphatic hydroxyl groups excluding tert-OH is 1. The Hall–Kier alpha value is -3.72. The minimum atomic E-state index is -1.06. The summed E-state index contributed by atoms with van der Waals surface area (Å²) in [6.07, 6.45) is -0.584. The summed E-state index contributed by atoms with van der Waals surface area (Å²) in [5.41, 5.74) is 1.00. The Balaban J connectivity index is 1.67. The molecule has 1 atom stereocenters. The number of hydrogen-bond acceptors (Lipinski definition) is 7. The molecular formula is C25H28N4O5. The predicted molar refractivity (Wildman–Crippen MR) is 128 cm³/mol. The molecule has 1 aromatic heterocycles. The fourth-order valence-corrected chi connectivity index (χ4v) is 4.17. The number of hydrogen-bond donors (Lipinski definition) is 3. The van der Waals surface area contributed by atoms with Gasteiger partial charge in [0, 0.05) is 31.6 Å². The number of benzene rings is 2. The van der Waals surface area contributed by atoms with Gasteiger partial charge in [-0.05, 0) is 42.7 Å². The molecule has 1 aliphatic rings. The topological polar surface area (TPSA) is 127 Å². The van der Waals surface area contributed by atoms with E-state index in [-0.39, 0.29) is 29.0 Å². The molecule has 1 saturated heterocycles. The van der Waals surface area contributed by atoms with Gasteiger partial charge in [-0.25, -0.2) is 14.8 Å². The van der Waals surface area contributed by atoms with Gasteiger partial charge in [-0.15, -0.1) is 0 Å². The zero-order chi connectivity index (χ0) is 24.4. The molecule has 2 aromatic carbocycles. The van der Waals surface area contributed by atoms with E-state index in [1.165, 1.54) is 12.1 Å². The molecule has 3 N–H and O–H groups in total. The summed E-state index contributed by atoms with van der Waals surface area (Å²) in [7, 11) is 0. The SMILES string of the molecule is CC(C)C[C@@H](O)C(=O)N1CCN(c2nc(-c3ccccc3O)nc3cc(C(=O)O)ccc23)CC1. The van der Waals surface area contributed by atoms with Crippen molar-refractivity contribution in [1.29, 1.82) is 0 Å². The van der Waals surface area contributed by atoms with Crippen LogP contribution in [0.15, 0.2) is 42.5 Å². The highest BCUT2D eigenvalue weighted by Gasteiger charge is 2.28. The summed E-state index contributed by atoms with van der Waals surface area (Å²) >= 11 is 0. The number of aromatic carboxylic acids is 1. The van der Waals surface area contributed by atoms with Crippen LogP contribution in [-0.4, -0.2) is 74.3 Å². The van der Waals surface area contributed by atoms with Gasteiger partial charge in [0.05, 0.1) is 16.6 Å². The van der Waals surface area contributed by atoms with E-state index in [1.54, 1.807) is 35.2 Å². The van der Waals surface area contributed by atoms with Crippen molar-refractivity contribution in [3.05, 3.63) is 48.0 Å². The van der Waals surface area contributed by atoms with Gasteiger partial charge in [-0.2, -0.15) is 0 Å². The number of aliphatic hydroxyl groups is 1. The van der Waals surface area contributed by atoms with E-state index < -0.39 is 12.1 Å². The summed E-state index contributed by atoms with van der Waals surface area (Å²) in [6.45, 7) is 5.77. The average molecular weight is 465 g/mol.